The van der Waals surface area contributed by atoms with Crippen molar-refractivity contribution in [2.24, 2.45) is 9.98 Å². The van der Waals surface area contributed by atoms with Crippen molar-refractivity contribution in [3.05, 3.63) is 180 Å². The Bertz CT molecular complexity index is 3130. The molecule has 1 aliphatic heterocycles. The quantitative estimate of drug-likeness (QED) is 0.201. The number of fused-ring (bicyclic) bond motifs is 8. The summed E-state index contributed by atoms with van der Waals surface area (Å²) in [5.41, 5.74) is 7.09. The highest BCUT2D eigenvalue weighted by Gasteiger charge is 2.24. The van der Waals surface area contributed by atoms with Crippen LogP contribution in [0.25, 0.3) is 74.8 Å². The van der Waals surface area contributed by atoms with E-state index in [0.29, 0.717) is 5.84 Å². The lowest BCUT2D eigenvalue weighted by molar-refractivity contribution is 0.669. The summed E-state index contributed by atoms with van der Waals surface area (Å²) >= 11 is 1.83. The average Bonchev–Trinajstić information content (AvgIpc) is 3.78. The SMILES string of the molecule is c1ccc2cc(C3=NC(c4cc(-c5cccc6oc7ccccc7c56)c5ccccc5c4)=NC(c4ccc5sc6ccccc6c5c4)N3)ccc2c1. The van der Waals surface area contributed by atoms with Gasteiger partial charge in [0.2, 0.25) is 0 Å². The van der Waals surface area contributed by atoms with E-state index < -0.39 is 0 Å². The van der Waals surface area contributed by atoms with Crippen molar-refractivity contribution >= 4 is 86.7 Å². The lowest BCUT2D eigenvalue weighted by Crippen LogP contribution is -2.33. The van der Waals surface area contributed by atoms with Crippen LogP contribution in [0.4, 0.5) is 0 Å². The molecule has 8 aromatic carbocycles. The van der Waals surface area contributed by atoms with Crippen molar-refractivity contribution in [2.75, 3.05) is 0 Å². The van der Waals surface area contributed by atoms with E-state index in [9.17, 15) is 0 Å². The highest BCUT2D eigenvalue weighted by Crippen LogP contribution is 2.41. The number of nitrogens with one attached hydrogen (secondary N) is 1. The molecule has 11 rings (SSSR count). The third kappa shape index (κ3) is 4.67. The molecular weight excluding hydrogens is 655 g/mol. The second kappa shape index (κ2) is 11.5. The van der Waals surface area contributed by atoms with Gasteiger partial charge >= 0.3 is 0 Å². The summed E-state index contributed by atoms with van der Waals surface area (Å²) in [5.74, 6) is 1.49. The molecule has 4 nitrogen and oxygen atoms in total. The molecule has 0 amide bonds. The Labute approximate surface area is 303 Å². The molecule has 0 radical (unpaired) electrons. The van der Waals surface area contributed by atoms with E-state index in [-0.39, 0.29) is 6.17 Å². The van der Waals surface area contributed by atoms with Crippen molar-refractivity contribution < 1.29 is 4.42 Å². The van der Waals surface area contributed by atoms with Gasteiger partial charge in [-0.3, -0.25) is 0 Å². The van der Waals surface area contributed by atoms with Gasteiger partial charge in [-0.05, 0) is 86.8 Å². The van der Waals surface area contributed by atoms with Crippen molar-refractivity contribution in [3.8, 4) is 11.1 Å². The topological polar surface area (TPSA) is 49.9 Å². The summed E-state index contributed by atoms with van der Waals surface area (Å²) in [5, 5.41) is 13.1. The number of para-hydroxylation sites is 1. The third-order valence-corrected chi connectivity index (χ3v) is 11.4. The number of aliphatic imine (C=N–C) groups is 2. The first-order valence-corrected chi connectivity index (χ1v) is 18.3. The Balaban J connectivity index is 1.13. The van der Waals surface area contributed by atoms with Gasteiger partial charge in [-0.15, -0.1) is 11.3 Å². The van der Waals surface area contributed by atoms with Crippen LogP contribution in [0.2, 0.25) is 0 Å². The van der Waals surface area contributed by atoms with Crippen LogP contribution in [0.5, 0.6) is 0 Å². The van der Waals surface area contributed by atoms with Gasteiger partial charge in [-0.2, -0.15) is 0 Å². The molecule has 0 aliphatic carbocycles. The molecule has 1 atom stereocenters. The van der Waals surface area contributed by atoms with Gasteiger partial charge in [0.05, 0.1) is 0 Å². The van der Waals surface area contributed by atoms with Crippen LogP contribution in [0.3, 0.4) is 0 Å². The van der Waals surface area contributed by atoms with Crippen molar-refractivity contribution in [1.29, 1.82) is 0 Å². The van der Waals surface area contributed by atoms with Gasteiger partial charge in [-0.25, -0.2) is 9.98 Å². The maximum atomic E-state index is 6.33. The van der Waals surface area contributed by atoms with Crippen molar-refractivity contribution in [3.63, 3.8) is 0 Å². The summed E-state index contributed by atoms with van der Waals surface area (Å²) in [6.45, 7) is 0. The fourth-order valence-electron chi connectivity index (χ4n) is 7.81. The van der Waals surface area contributed by atoms with Crippen molar-refractivity contribution in [1.82, 2.24) is 5.32 Å². The van der Waals surface area contributed by atoms with Gasteiger partial charge in [0.1, 0.15) is 23.2 Å². The van der Waals surface area contributed by atoms with Crippen LogP contribution < -0.4 is 5.32 Å². The highest BCUT2D eigenvalue weighted by molar-refractivity contribution is 7.25. The molecule has 10 aromatic rings. The second-order valence-electron chi connectivity index (χ2n) is 13.4. The zero-order chi connectivity index (χ0) is 34.2. The molecule has 0 bridgehead atoms. The number of thiophene rings is 1. The molecule has 5 heteroatoms. The first-order chi connectivity index (χ1) is 25.7. The van der Waals surface area contributed by atoms with E-state index in [1.165, 1.54) is 36.3 Å². The number of nitrogens with zero attached hydrogens (tertiary/aromatic N) is 2. The van der Waals surface area contributed by atoms with E-state index in [2.05, 4.69) is 157 Å². The van der Waals surface area contributed by atoms with Crippen LogP contribution in [0.15, 0.2) is 178 Å². The predicted octanol–water partition coefficient (Wildman–Crippen LogP) is 12.4. The fraction of sp³-hybridized carbons (Fsp3) is 0.0213. The predicted molar refractivity (Wildman–Crippen MR) is 219 cm³/mol. The monoisotopic (exact) mass is 683 g/mol. The second-order valence-corrected chi connectivity index (χ2v) is 14.5. The van der Waals surface area contributed by atoms with E-state index in [1.54, 1.807) is 0 Å². The third-order valence-electron chi connectivity index (χ3n) is 10.3. The van der Waals surface area contributed by atoms with Crippen LogP contribution in [0, 0.1) is 0 Å². The van der Waals surface area contributed by atoms with Gasteiger partial charge in [-0.1, -0.05) is 115 Å². The van der Waals surface area contributed by atoms with Gasteiger partial charge in [0.25, 0.3) is 0 Å². The largest absolute Gasteiger partial charge is 0.456 e. The number of amidine groups is 2. The van der Waals surface area contributed by atoms with Crippen LogP contribution in [0.1, 0.15) is 22.9 Å². The lowest BCUT2D eigenvalue weighted by Gasteiger charge is -2.24. The fourth-order valence-corrected chi connectivity index (χ4v) is 8.89. The zero-order valence-corrected chi connectivity index (χ0v) is 28.7. The molecule has 1 aliphatic rings. The lowest BCUT2D eigenvalue weighted by atomic mass is 9.92. The number of furan rings is 1. The van der Waals surface area contributed by atoms with Gasteiger partial charge in [0.15, 0.2) is 5.84 Å². The standard InChI is InChI=1S/C47H29N3OS/c1-2-11-29-24-31(21-20-28(29)10-1)45-48-46(32-22-23-43-39(26-32)35-14-6-8-19-42(35)52-43)50-47(49-45)33-25-30-12-3-4-13-34(30)38(27-33)36-16-9-18-41-44(36)37-15-5-7-17-40(37)51-41/h1-27,46H,(H,48,49,50). The molecular formula is C47H29N3OS. The van der Waals surface area contributed by atoms with E-state index in [4.69, 9.17) is 14.4 Å². The first kappa shape index (κ1) is 29.2. The normalized spacial score (nSPS) is 14.7. The number of hydrogen-bond donors (Lipinski definition) is 1. The minimum absolute atomic E-state index is 0.340. The van der Waals surface area contributed by atoms with Crippen LogP contribution in [-0.2, 0) is 0 Å². The Hall–Kier alpha value is -6.56. The molecule has 52 heavy (non-hydrogen) atoms. The summed E-state index contributed by atoms with van der Waals surface area (Å²) in [4.78, 5) is 10.7. The van der Waals surface area contributed by atoms with E-state index in [0.717, 1.165) is 61.0 Å². The summed E-state index contributed by atoms with van der Waals surface area (Å²) in [6, 6.07) is 58.1. The van der Waals surface area contributed by atoms with E-state index in [1.807, 2.05) is 23.5 Å². The molecule has 2 aromatic heterocycles. The van der Waals surface area contributed by atoms with Crippen molar-refractivity contribution in [2.45, 2.75) is 6.17 Å². The maximum absolute atomic E-state index is 6.33. The van der Waals surface area contributed by atoms with Gasteiger partial charge < -0.3 is 9.73 Å². The maximum Gasteiger partial charge on any atom is 0.159 e. The molecule has 0 fully saturated rings. The Morgan fingerprint density at radius 3 is 2.15 bits per heavy atom. The minimum Gasteiger partial charge on any atom is -0.456 e. The summed E-state index contributed by atoms with van der Waals surface area (Å²) in [7, 11) is 0. The molecule has 0 saturated carbocycles. The van der Waals surface area contributed by atoms with Gasteiger partial charge in [0, 0.05) is 42.1 Å². The summed E-state index contributed by atoms with van der Waals surface area (Å²) < 4.78 is 8.89. The Morgan fingerprint density at radius 1 is 0.500 bits per heavy atom. The van der Waals surface area contributed by atoms with Crippen LogP contribution >= 0.6 is 11.3 Å². The van der Waals surface area contributed by atoms with E-state index >= 15 is 0 Å². The number of benzene rings is 8. The molecule has 0 spiro atoms. The molecule has 3 heterocycles. The Kier molecular flexibility index (Phi) is 6.45. The number of hydrogen-bond acceptors (Lipinski definition) is 5. The average molecular weight is 684 g/mol. The minimum atomic E-state index is -0.340. The zero-order valence-electron chi connectivity index (χ0n) is 27.9. The molecule has 1 N–H and O–H groups in total. The molecule has 0 saturated heterocycles. The molecule has 244 valence electrons. The smallest absolute Gasteiger partial charge is 0.159 e. The number of rotatable bonds is 4. The summed E-state index contributed by atoms with van der Waals surface area (Å²) in [6.07, 6.45) is -0.340. The Morgan fingerprint density at radius 2 is 1.23 bits per heavy atom. The first-order valence-electron chi connectivity index (χ1n) is 17.5. The highest BCUT2D eigenvalue weighted by atomic mass is 32.1. The molecule has 1 unspecified atom stereocenters. The van der Waals surface area contributed by atoms with Crippen LogP contribution in [-0.4, -0.2) is 11.7 Å².